The Morgan fingerprint density at radius 2 is 2.17 bits per heavy atom. The van der Waals surface area contributed by atoms with Gasteiger partial charge in [-0.3, -0.25) is 4.79 Å². The zero-order valence-corrected chi connectivity index (χ0v) is 12.0. The zero-order chi connectivity index (χ0) is 13.6. The molecule has 0 aliphatic carbocycles. The van der Waals surface area contributed by atoms with Crippen LogP contribution in [-0.2, 0) is 9.53 Å². The van der Waals surface area contributed by atoms with E-state index in [4.69, 9.17) is 10.5 Å². The molecule has 18 heavy (non-hydrogen) atoms. The molecule has 1 fully saturated rings. The molecule has 4 nitrogen and oxygen atoms in total. The summed E-state index contributed by atoms with van der Waals surface area (Å²) in [6.07, 6.45) is 4.40. The lowest BCUT2D eigenvalue weighted by Crippen LogP contribution is -2.41. The van der Waals surface area contributed by atoms with Crippen molar-refractivity contribution in [3.63, 3.8) is 0 Å². The summed E-state index contributed by atoms with van der Waals surface area (Å²) in [6, 6.07) is 0. The van der Waals surface area contributed by atoms with Gasteiger partial charge >= 0.3 is 0 Å². The van der Waals surface area contributed by atoms with Gasteiger partial charge in [0.2, 0.25) is 5.91 Å². The van der Waals surface area contributed by atoms with Gasteiger partial charge in [-0.05, 0) is 31.1 Å². The number of nitrogens with one attached hydrogen (secondary N) is 1. The fraction of sp³-hybridized carbons (Fsp3) is 0.929. The van der Waals surface area contributed by atoms with E-state index >= 15 is 0 Å². The third-order valence-corrected chi connectivity index (χ3v) is 3.29. The Morgan fingerprint density at radius 3 is 2.67 bits per heavy atom. The van der Waals surface area contributed by atoms with Crippen molar-refractivity contribution in [1.29, 1.82) is 0 Å². The molecule has 2 unspecified atom stereocenters. The van der Waals surface area contributed by atoms with Crippen LogP contribution in [0.25, 0.3) is 0 Å². The van der Waals surface area contributed by atoms with Gasteiger partial charge in [0.25, 0.3) is 0 Å². The monoisotopic (exact) mass is 256 g/mol. The minimum absolute atomic E-state index is 0.0709. The van der Waals surface area contributed by atoms with Crippen LogP contribution in [0.15, 0.2) is 0 Å². The van der Waals surface area contributed by atoms with E-state index in [9.17, 15) is 4.79 Å². The van der Waals surface area contributed by atoms with Crippen LogP contribution in [0.4, 0.5) is 0 Å². The van der Waals surface area contributed by atoms with Gasteiger partial charge in [-0.25, -0.2) is 0 Å². The molecule has 1 heterocycles. The van der Waals surface area contributed by atoms with E-state index in [2.05, 4.69) is 26.1 Å². The molecule has 1 aliphatic rings. The van der Waals surface area contributed by atoms with Crippen LogP contribution >= 0.6 is 0 Å². The van der Waals surface area contributed by atoms with E-state index in [0.29, 0.717) is 13.1 Å². The lowest BCUT2D eigenvalue weighted by Gasteiger charge is -2.26. The zero-order valence-electron chi connectivity index (χ0n) is 12.0. The van der Waals surface area contributed by atoms with Gasteiger partial charge in [-0.15, -0.1) is 0 Å². The van der Waals surface area contributed by atoms with Gasteiger partial charge in [-0.2, -0.15) is 0 Å². The number of ether oxygens (including phenoxy) is 1. The summed E-state index contributed by atoms with van der Waals surface area (Å²) >= 11 is 0. The summed E-state index contributed by atoms with van der Waals surface area (Å²) in [5.74, 6) is -0.0183. The molecule has 0 radical (unpaired) electrons. The fourth-order valence-electron chi connectivity index (χ4n) is 2.35. The molecule has 1 aliphatic heterocycles. The number of rotatable bonds is 5. The van der Waals surface area contributed by atoms with E-state index in [1.54, 1.807) is 0 Å². The fourth-order valence-corrected chi connectivity index (χ4v) is 2.35. The van der Waals surface area contributed by atoms with E-state index in [1.165, 1.54) is 6.42 Å². The molecule has 0 aromatic heterocycles. The topological polar surface area (TPSA) is 64.4 Å². The summed E-state index contributed by atoms with van der Waals surface area (Å²) in [7, 11) is 0. The molecule has 0 spiro atoms. The molecule has 0 bridgehead atoms. The van der Waals surface area contributed by atoms with E-state index in [0.717, 1.165) is 25.9 Å². The van der Waals surface area contributed by atoms with Gasteiger partial charge in [0.05, 0.1) is 12.0 Å². The van der Waals surface area contributed by atoms with Crippen molar-refractivity contribution in [2.24, 2.45) is 17.1 Å². The second-order valence-electron chi connectivity index (χ2n) is 6.43. The molecule has 1 rings (SSSR count). The molecule has 2 atom stereocenters. The summed E-state index contributed by atoms with van der Waals surface area (Å²) < 4.78 is 5.60. The molecule has 3 N–H and O–H groups in total. The van der Waals surface area contributed by atoms with Crippen LogP contribution in [0.3, 0.4) is 0 Å². The van der Waals surface area contributed by atoms with E-state index in [-0.39, 0.29) is 23.3 Å². The van der Waals surface area contributed by atoms with Crippen molar-refractivity contribution in [2.45, 2.75) is 52.6 Å². The average molecular weight is 256 g/mol. The minimum Gasteiger partial charge on any atom is -0.376 e. The lowest BCUT2D eigenvalue weighted by molar-refractivity contribution is -0.126. The number of carbonyl (C=O) groups is 1. The van der Waals surface area contributed by atoms with E-state index in [1.807, 2.05) is 0 Å². The van der Waals surface area contributed by atoms with Crippen LogP contribution in [0.2, 0.25) is 0 Å². The second-order valence-corrected chi connectivity index (χ2v) is 6.43. The van der Waals surface area contributed by atoms with Crippen LogP contribution in [0.1, 0.15) is 46.5 Å². The van der Waals surface area contributed by atoms with Gasteiger partial charge in [0.1, 0.15) is 0 Å². The average Bonchev–Trinajstić information content (AvgIpc) is 2.33. The highest BCUT2D eigenvalue weighted by Crippen LogP contribution is 2.24. The van der Waals surface area contributed by atoms with Crippen molar-refractivity contribution >= 4 is 5.91 Å². The summed E-state index contributed by atoms with van der Waals surface area (Å²) in [4.78, 5) is 12.0. The predicted octanol–water partition coefficient (Wildman–Crippen LogP) is 1.68. The first-order valence-electron chi connectivity index (χ1n) is 7.02. The Balaban J connectivity index is 2.32. The standard InChI is InChI=1S/C14H28N2O2/c1-14(2,3)8-11(9-15)13(17)16-10-12-6-4-5-7-18-12/h11-12H,4-10,15H2,1-3H3,(H,16,17). The first-order valence-corrected chi connectivity index (χ1v) is 7.02. The number of carbonyl (C=O) groups excluding carboxylic acids is 1. The molecule has 1 amide bonds. The number of nitrogens with two attached hydrogens (primary N) is 1. The number of hydrogen-bond acceptors (Lipinski definition) is 3. The maximum absolute atomic E-state index is 12.0. The van der Waals surface area contributed by atoms with Crippen molar-refractivity contribution in [2.75, 3.05) is 19.7 Å². The number of amides is 1. The van der Waals surface area contributed by atoms with Gasteiger partial charge in [-0.1, -0.05) is 20.8 Å². The second kappa shape index (κ2) is 7.10. The quantitative estimate of drug-likeness (QED) is 0.786. The normalized spacial score (nSPS) is 22.6. The van der Waals surface area contributed by atoms with Crippen LogP contribution in [0, 0.1) is 11.3 Å². The number of hydrogen-bond donors (Lipinski definition) is 2. The minimum atomic E-state index is -0.0893. The van der Waals surface area contributed by atoms with Crippen LogP contribution in [-0.4, -0.2) is 31.7 Å². The molecular weight excluding hydrogens is 228 g/mol. The maximum atomic E-state index is 12.0. The van der Waals surface area contributed by atoms with Gasteiger partial charge in [0, 0.05) is 19.7 Å². The Labute approximate surface area is 111 Å². The SMILES string of the molecule is CC(C)(C)CC(CN)C(=O)NCC1CCCCO1. The molecule has 106 valence electrons. The van der Waals surface area contributed by atoms with Crippen molar-refractivity contribution < 1.29 is 9.53 Å². The van der Waals surface area contributed by atoms with Crippen LogP contribution in [0.5, 0.6) is 0 Å². The smallest absolute Gasteiger partial charge is 0.224 e. The molecule has 4 heteroatoms. The van der Waals surface area contributed by atoms with Crippen molar-refractivity contribution in [1.82, 2.24) is 5.32 Å². The van der Waals surface area contributed by atoms with Crippen LogP contribution < -0.4 is 11.1 Å². The lowest BCUT2D eigenvalue weighted by atomic mass is 9.84. The Bertz CT molecular complexity index is 255. The predicted molar refractivity (Wildman–Crippen MR) is 73.2 cm³/mol. The third kappa shape index (κ3) is 5.83. The molecule has 1 saturated heterocycles. The molecular formula is C14H28N2O2. The first-order chi connectivity index (χ1) is 8.42. The van der Waals surface area contributed by atoms with Gasteiger partial charge < -0.3 is 15.8 Å². The summed E-state index contributed by atoms with van der Waals surface area (Å²) in [6.45, 7) is 8.25. The largest absolute Gasteiger partial charge is 0.376 e. The Morgan fingerprint density at radius 1 is 1.44 bits per heavy atom. The van der Waals surface area contributed by atoms with Crippen molar-refractivity contribution in [3.8, 4) is 0 Å². The summed E-state index contributed by atoms with van der Waals surface area (Å²) in [5.41, 5.74) is 5.83. The maximum Gasteiger partial charge on any atom is 0.224 e. The van der Waals surface area contributed by atoms with E-state index < -0.39 is 0 Å². The highest BCUT2D eigenvalue weighted by molar-refractivity contribution is 5.78. The highest BCUT2D eigenvalue weighted by atomic mass is 16.5. The molecule has 0 saturated carbocycles. The Hall–Kier alpha value is -0.610. The molecule has 0 aromatic carbocycles. The van der Waals surface area contributed by atoms with Crippen molar-refractivity contribution in [3.05, 3.63) is 0 Å². The summed E-state index contributed by atoms with van der Waals surface area (Å²) in [5, 5.41) is 2.98. The third-order valence-electron chi connectivity index (χ3n) is 3.29. The Kier molecular flexibility index (Phi) is 6.09. The molecule has 0 aromatic rings. The highest BCUT2D eigenvalue weighted by Gasteiger charge is 2.24. The van der Waals surface area contributed by atoms with Gasteiger partial charge in [0.15, 0.2) is 0 Å². The first kappa shape index (κ1) is 15.4.